The molecular formula is C15H18BrN3S. The number of pyridine rings is 1. The van der Waals surface area contributed by atoms with Crippen LogP contribution in [0.4, 0.5) is 5.69 Å². The number of rotatable bonds is 3. The largest absolute Gasteiger partial charge is 0.375 e. The second kappa shape index (κ2) is 5.54. The molecule has 0 spiro atoms. The maximum Gasteiger partial charge on any atom is 0.0934 e. The Morgan fingerprint density at radius 1 is 1.55 bits per heavy atom. The molecule has 1 aliphatic rings. The van der Waals surface area contributed by atoms with Gasteiger partial charge in [-0.2, -0.15) is 11.8 Å². The Kier molecular flexibility index (Phi) is 3.93. The Morgan fingerprint density at radius 3 is 3.10 bits per heavy atom. The summed E-state index contributed by atoms with van der Waals surface area (Å²) in [7, 11) is 0. The van der Waals surface area contributed by atoms with Crippen molar-refractivity contribution in [2.24, 2.45) is 5.73 Å². The predicted molar refractivity (Wildman–Crippen MR) is 91.4 cm³/mol. The molecule has 3 rings (SSSR count). The van der Waals surface area contributed by atoms with E-state index in [-0.39, 0.29) is 5.54 Å². The van der Waals surface area contributed by atoms with Gasteiger partial charge in [-0.15, -0.1) is 0 Å². The first-order chi connectivity index (χ1) is 9.64. The topological polar surface area (TPSA) is 50.9 Å². The molecule has 1 aromatic heterocycles. The summed E-state index contributed by atoms with van der Waals surface area (Å²) in [4.78, 5) is 4.56. The van der Waals surface area contributed by atoms with Crippen LogP contribution in [0.3, 0.4) is 0 Å². The number of halogens is 1. The summed E-state index contributed by atoms with van der Waals surface area (Å²) in [6, 6.07) is 8.34. The van der Waals surface area contributed by atoms with Crippen LogP contribution in [0, 0.1) is 0 Å². The first-order valence-corrected chi connectivity index (χ1v) is 8.63. The highest BCUT2D eigenvalue weighted by Gasteiger charge is 2.40. The summed E-state index contributed by atoms with van der Waals surface area (Å²) >= 11 is 5.46. The highest BCUT2D eigenvalue weighted by atomic mass is 79.9. The molecule has 2 atom stereocenters. The van der Waals surface area contributed by atoms with Gasteiger partial charge in [-0.3, -0.25) is 4.98 Å². The van der Waals surface area contributed by atoms with Gasteiger partial charge in [-0.25, -0.2) is 0 Å². The molecular weight excluding hydrogens is 334 g/mol. The van der Waals surface area contributed by atoms with Crippen molar-refractivity contribution in [1.82, 2.24) is 4.98 Å². The normalized spacial score (nSPS) is 26.1. The van der Waals surface area contributed by atoms with Gasteiger partial charge in [0.15, 0.2) is 0 Å². The molecule has 0 aliphatic carbocycles. The van der Waals surface area contributed by atoms with E-state index in [0.717, 1.165) is 33.2 Å². The second-order valence-electron chi connectivity index (χ2n) is 5.28. The van der Waals surface area contributed by atoms with Gasteiger partial charge >= 0.3 is 0 Å². The lowest BCUT2D eigenvalue weighted by Gasteiger charge is -2.34. The van der Waals surface area contributed by atoms with Crippen molar-refractivity contribution in [2.75, 3.05) is 17.6 Å². The van der Waals surface area contributed by atoms with Crippen LogP contribution < -0.4 is 11.1 Å². The molecule has 2 aromatic rings. The molecule has 0 amide bonds. The fraction of sp³-hybridized carbons (Fsp3) is 0.400. The molecule has 0 radical (unpaired) electrons. The van der Waals surface area contributed by atoms with Gasteiger partial charge in [0, 0.05) is 27.9 Å². The summed E-state index contributed by atoms with van der Waals surface area (Å²) in [6.45, 7) is 2.90. The van der Waals surface area contributed by atoms with Crippen LogP contribution in [0.5, 0.6) is 0 Å². The van der Waals surface area contributed by atoms with E-state index in [2.05, 4.69) is 57.4 Å². The van der Waals surface area contributed by atoms with Crippen molar-refractivity contribution >= 4 is 44.3 Å². The monoisotopic (exact) mass is 351 g/mol. The zero-order valence-electron chi connectivity index (χ0n) is 11.4. The number of thioether (sulfide) groups is 1. The zero-order valence-corrected chi connectivity index (χ0v) is 13.8. The van der Waals surface area contributed by atoms with Crippen molar-refractivity contribution in [2.45, 2.75) is 24.1 Å². The van der Waals surface area contributed by atoms with Crippen molar-refractivity contribution in [1.29, 1.82) is 0 Å². The third kappa shape index (κ3) is 2.43. The van der Waals surface area contributed by atoms with Gasteiger partial charge in [-0.05, 0) is 40.2 Å². The second-order valence-corrected chi connectivity index (χ2v) is 7.64. The summed E-state index contributed by atoms with van der Waals surface area (Å²) in [6.07, 6.45) is 2.94. The maximum absolute atomic E-state index is 6.07. The number of aromatic nitrogens is 1. The SMILES string of the molecule is CC1SCCC1(CN)Nc1cccc2cc(Br)cnc12. The summed E-state index contributed by atoms with van der Waals surface area (Å²) in [5.74, 6) is 1.16. The van der Waals surface area contributed by atoms with E-state index in [9.17, 15) is 0 Å². The molecule has 2 unspecified atom stereocenters. The molecule has 1 aromatic carbocycles. The number of nitrogens with two attached hydrogens (primary N) is 1. The number of anilines is 1. The number of para-hydroxylation sites is 1. The van der Waals surface area contributed by atoms with Crippen molar-refractivity contribution in [3.8, 4) is 0 Å². The first kappa shape index (κ1) is 14.2. The first-order valence-electron chi connectivity index (χ1n) is 6.79. The van der Waals surface area contributed by atoms with Crippen LogP contribution in [0.15, 0.2) is 34.9 Å². The third-order valence-electron chi connectivity index (χ3n) is 4.12. The minimum atomic E-state index is -0.0201. The Balaban J connectivity index is 2.02. The lowest BCUT2D eigenvalue weighted by molar-refractivity contribution is 0.480. The highest BCUT2D eigenvalue weighted by Crippen LogP contribution is 2.38. The molecule has 5 heteroatoms. The van der Waals surface area contributed by atoms with Crippen LogP contribution in [-0.4, -0.2) is 28.1 Å². The Hall–Kier alpha value is -0.780. The van der Waals surface area contributed by atoms with E-state index >= 15 is 0 Å². The minimum absolute atomic E-state index is 0.0201. The molecule has 1 saturated heterocycles. The molecule has 106 valence electrons. The van der Waals surface area contributed by atoms with Crippen molar-refractivity contribution < 1.29 is 0 Å². The van der Waals surface area contributed by atoms with Crippen LogP contribution in [0.2, 0.25) is 0 Å². The number of benzene rings is 1. The zero-order chi connectivity index (χ0) is 14.2. The molecule has 1 fully saturated rings. The predicted octanol–water partition coefficient (Wildman–Crippen LogP) is 3.63. The minimum Gasteiger partial charge on any atom is -0.375 e. The molecule has 2 heterocycles. The van der Waals surface area contributed by atoms with E-state index < -0.39 is 0 Å². The lowest BCUT2D eigenvalue weighted by atomic mass is 9.92. The van der Waals surface area contributed by atoms with Crippen LogP contribution in [0.25, 0.3) is 10.9 Å². The van der Waals surface area contributed by atoms with E-state index in [1.54, 1.807) is 0 Å². The van der Waals surface area contributed by atoms with E-state index in [1.807, 2.05) is 18.0 Å². The van der Waals surface area contributed by atoms with Gasteiger partial charge in [-0.1, -0.05) is 19.1 Å². The quantitative estimate of drug-likeness (QED) is 0.886. The Morgan fingerprint density at radius 2 is 2.40 bits per heavy atom. The molecule has 20 heavy (non-hydrogen) atoms. The molecule has 3 N–H and O–H groups in total. The Labute approximate surface area is 131 Å². The molecule has 0 bridgehead atoms. The smallest absolute Gasteiger partial charge is 0.0934 e. The average Bonchev–Trinajstić information content (AvgIpc) is 2.80. The standard InChI is InChI=1S/C15H18BrN3S/c1-10-15(9-17,5-6-20-10)19-13-4-2-3-11-7-12(16)8-18-14(11)13/h2-4,7-8,10,19H,5-6,9,17H2,1H3. The third-order valence-corrected chi connectivity index (χ3v) is 5.94. The van der Waals surface area contributed by atoms with Gasteiger partial charge in [0.05, 0.1) is 16.7 Å². The lowest BCUT2D eigenvalue weighted by Crippen LogP contribution is -2.49. The van der Waals surface area contributed by atoms with Gasteiger partial charge in [0.1, 0.15) is 0 Å². The highest BCUT2D eigenvalue weighted by molar-refractivity contribution is 9.10. The molecule has 1 aliphatic heterocycles. The molecule has 0 saturated carbocycles. The maximum atomic E-state index is 6.07. The van der Waals surface area contributed by atoms with Gasteiger partial charge in [0.2, 0.25) is 0 Å². The van der Waals surface area contributed by atoms with Crippen LogP contribution in [0.1, 0.15) is 13.3 Å². The van der Waals surface area contributed by atoms with E-state index in [4.69, 9.17) is 5.73 Å². The van der Waals surface area contributed by atoms with Crippen LogP contribution >= 0.6 is 27.7 Å². The van der Waals surface area contributed by atoms with Crippen LogP contribution in [-0.2, 0) is 0 Å². The van der Waals surface area contributed by atoms with Gasteiger partial charge in [0.25, 0.3) is 0 Å². The fourth-order valence-corrected chi connectivity index (χ4v) is 4.54. The fourth-order valence-electron chi connectivity index (χ4n) is 2.77. The molecule has 3 nitrogen and oxygen atoms in total. The number of hydrogen-bond donors (Lipinski definition) is 2. The average molecular weight is 352 g/mol. The summed E-state index contributed by atoms with van der Waals surface area (Å²) in [5.41, 5.74) is 8.14. The summed E-state index contributed by atoms with van der Waals surface area (Å²) < 4.78 is 1.00. The number of fused-ring (bicyclic) bond motifs is 1. The Bertz CT molecular complexity index is 634. The van der Waals surface area contributed by atoms with E-state index in [0.29, 0.717) is 11.8 Å². The number of hydrogen-bond acceptors (Lipinski definition) is 4. The van der Waals surface area contributed by atoms with E-state index in [1.165, 1.54) is 0 Å². The van der Waals surface area contributed by atoms with Crippen molar-refractivity contribution in [3.63, 3.8) is 0 Å². The van der Waals surface area contributed by atoms with Crippen molar-refractivity contribution in [3.05, 3.63) is 34.9 Å². The number of nitrogens with one attached hydrogen (secondary N) is 1. The number of nitrogens with zero attached hydrogens (tertiary/aromatic N) is 1. The van der Waals surface area contributed by atoms with Gasteiger partial charge < -0.3 is 11.1 Å². The summed E-state index contributed by atoms with van der Waals surface area (Å²) in [5, 5.41) is 5.34.